The predicted molar refractivity (Wildman–Crippen MR) is 330 cm³/mol. The Balaban J connectivity index is 1.26. The summed E-state index contributed by atoms with van der Waals surface area (Å²) in [6.07, 6.45) is -2.10. The third-order valence-corrected chi connectivity index (χ3v) is 15.4. The van der Waals surface area contributed by atoms with E-state index in [-0.39, 0.29) is 87.3 Å². The number of ketones is 3. The number of amides is 3. The third-order valence-electron chi connectivity index (χ3n) is 15.4. The second kappa shape index (κ2) is 31.8. The summed E-state index contributed by atoms with van der Waals surface area (Å²) in [7, 11) is 0. The van der Waals surface area contributed by atoms with E-state index in [1.165, 1.54) is 36.4 Å². The van der Waals surface area contributed by atoms with E-state index in [0.29, 0.717) is 85.2 Å². The van der Waals surface area contributed by atoms with Crippen molar-refractivity contribution in [2.75, 3.05) is 35.6 Å². The summed E-state index contributed by atoms with van der Waals surface area (Å²) in [6, 6.07) is 38.5. The van der Waals surface area contributed by atoms with Gasteiger partial charge in [-0.15, -0.1) is 0 Å². The van der Waals surface area contributed by atoms with E-state index in [2.05, 4.69) is 20.7 Å². The third kappa shape index (κ3) is 18.9. The van der Waals surface area contributed by atoms with Crippen LogP contribution in [0.5, 0.6) is 17.2 Å². The Hall–Kier alpha value is -8.64. The van der Waals surface area contributed by atoms with Gasteiger partial charge in [-0.3, -0.25) is 28.8 Å². The van der Waals surface area contributed by atoms with Crippen LogP contribution < -0.4 is 55.1 Å². The molecule has 0 saturated heterocycles. The largest absolute Gasteiger partial charge is 0.508 e. The highest BCUT2D eigenvalue weighted by molar-refractivity contribution is 6.17. The van der Waals surface area contributed by atoms with Crippen LogP contribution in [0.15, 0.2) is 146 Å². The maximum absolute atomic E-state index is 14.2. The summed E-state index contributed by atoms with van der Waals surface area (Å²) < 4.78 is 42.6. The first-order valence-corrected chi connectivity index (χ1v) is 29.2. The molecule has 0 aliphatic rings. The lowest BCUT2D eigenvalue weighted by molar-refractivity contribution is -0.189. The monoisotopic (exact) mass is 1210 g/mol. The fourth-order valence-electron chi connectivity index (χ4n) is 10.0. The van der Waals surface area contributed by atoms with Gasteiger partial charge in [-0.05, 0) is 203 Å². The molecule has 0 radical (unpaired) electrons. The number of aryl methyl sites for hydroxylation is 3. The van der Waals surface area contributed by atoms with Gasteiger partial charge in [0.25, 0.3) is 17.7 Å². The summed E-state index contributed by atoms with van der Waals surface area (Å²) in [5.41, 5.74) is 36.8. The lowest BCUT2D eigenvalue weighted by Gasteiger charge is -2.28. The zero-order valence-electron chi connectivity index (χ0n) is 48.9. The average Bonchev–Trinajstić information content (AvgIpc) is 2.52. The second-order valence-electron chi connectivity index (χ2n) is 21.9. The second-order valence-corrected chi connectivity index (χ2v) is 21.9. The van der Waals surface area contributed by atoms with Crippen LogP contribution in [-0.4, -0.2) is 93.7 Å². The number of ether oxygens (including phenoxy) is 1. The molecule has 0 bridgehead atoms. The van der Waals surface area contributed by atoms with Gasteiger partial charge >= 0.3 is 12.1 Å². The van der Waals surface area contributed by atoms with E-state index >= 15 is 0 Å². The van der Waals surface area contributed by atoms with E-state index < -0.39 is 69.8 Å². The number of Topliss-reactive ketones (excluding diaryl/α,β-unsaturated/α-hetero) is 3. The van der Waals surface area contributed by atoms with E-state index in [4.69, 9.17) is 34.4 Å². The number of halogens is 3. The molecule has 0 saturated carbocycles. The summed E-state index contributed by atoms with van der Waals surface area (Å²) in [4.78, 5) is 95.2. The lowest BCUT2D eigenvalue weighted by Crippen LogP contribution is -2.57. The van der Waals surface area contributed by atoms with Crippen molar-refractivity contribution < 1.29 is 61.7 Å². The minimum Gasteiger partial charge on any atom is -0.508 e. The standard InChI is InChI=1S/C66H78F3N9O10/c67-66(68,69)62(87)88-54-32-11-45(12-33-54)15-36-57(83)65(75,39-3-6-42-72)61(86)78-51-26-20-48(21-27-51)58(46-16-22-49(23-17-46)76-59(84)63(73,37-1-4-40-70)55(81)34-13-43-7-28-52(79)29-8-43)47-18-24-50(25-19-47)77-60(85)64(74,38-2-5-41-71)56(82)35-14-44-9-30-53(80)31-10-44/h7-12,16-33,58,79-80H,1-6,13-15,34-42,70-75H2,(H,76,84)(H,77,85)(H,78,86)/t63-,64-,65-/m0/s1. The molecule has 19 nitrogen and oxygen atoms in total. The number of benzene rings is 6. The van der Waals surface area contributed by atoms with Crippen molar-refractivity contribution in [1.29, 1.82) is 0 Å². The van der Waals surface area contributed by atoms with Gasteiger partial charge in [0.2, 0.25) is 0 Å². The highest BCUT2D eigenvalue weighted by atomic mass is 19.4. The normalized spacial score (nSPS) is 13.5. The van der Waals surface area contributed by atoms with Crippen LogP contribution >= 0.6 is 0 Å². The molecule has 6 rings (SSSR count). The number of hydrogen-bond acceptors (Lipinski definition) is 16. The SMILES string of the molecule is NCCCC[C@](N)(C(=O)CCc1ccc(O)cc1)C(=O)Nc1ccc(C(c2ccc(NC(=O)[C@](N)(CCCCN)C(=O)CCc3ccc(O)cc3)cc2)c2ccc(NC(=O)[C@](N)(CCCCN)C(=O)CCc3ccc(OC(=O)C(F)(F)F)cc3)cc2)cc1. The molecule has 0 spiro atoms. The molecule has 468 valence electrons. The van der Waals surface area contributed by atoms with E-state index in [1.807, 2.05) is 0 Å². The van der Waals surface area contributed by atoms with Crippen molar-refractivity contribution in [3.05, 3.63) is 179 Å². The minimum absolute atomic E-state index is 0.0352. The predicted octanol–water partition coefficient (Wildman–Crippen LogP) is 7.65. The van der Waals surface area contributed by atoms with Crippen molar-refractivity contribution in [3.8, 4) is 17.2 Å². The smallest absolute Gasteiger partial charge is 0.491 e. The number of anilines is 3. The number of unbranched alkanes of at least 4 members (excludes halogenated alkanes) is 3. The first kappa shape index (κ1) is 68.5. The van der Waals surface area contributed by atoms with Crippen LogP contribution in [0.4, 0.5) is 30.2 Å². The molecular weight excluding hydrogens is 1140 g/mol. The van der Waals surface area contributed by atoms with E-state index in [1.54, 1.807) is 97.1 Å². The van der Waals surface area contributed by atoms with Gasteiger partial charge in [0.15, 0.2) is 34.0 Å². The molecule has 0 unspecified atom stereocenters. The van der Waals surface area contributed by atoms with Crippen molar-refractivity contribution in [3.63, 3.8) is 0 Å². The Morgan fingerprint density at radius 3 is 0.943 bits per heavy atom. The molecule has 0 aliphatic heterocycles. The zero-order valence-corrected chi connectivity index (χ0v) is 48.9. The summed E-state index contributed by atoms with van der Waals surface area (Å²) in [5, 5.41) is 28.0. The number of nitrogens with one attached hydrogen (secondary N) is 3. The molecule has 6 aromatic carbocycles. The van der Waals surface area contributed by atoms with Crippen molar-refractivity contribution >= 4 is 58.1 Å². The van der Waals surface area contributed by atoms with Crippen molar-refractivity contribution in [1.82, 2.24) is 0 Å². The quantitative estimate of drug-likeness (QED) is 0.00607. The van der Waals surface area contributed by atoms with Gasteiger partial charge in [-0.2, -0.15) is 13.2 Å². The summed E-state index contributed by atoms with van der Waals surface area (Å²) >= 11 is 0. The molecule has 3 atom stereocenters. The van der Waals surface area contributed by atoms with Crippen molar-refractivity contribution in [2.45, 2.75) is 125 Å². The van der Waals surface area contributed by atoms with Crippen LogP contribution in [0.3, 0.4) is 0 Å². The Morgan fingerprint density at radius 2 is 0.682 bits per heavy atom. The number of phenolic OH excluding ortho intramolecular Hbond substituents is 2. The zero-order chi connectivity index (χ0) is 64.1. The number of hydrogen-bond donors (Lipinski definition) is 11. The van der Waals surface area contributed by atoms with Crippen LogP contribution in [0.1, 0.15) is 116 Å². The molecule has 88 heavy (non-hydrogen) atoms. The first-order valence-electron chi connectivity index (χ1n) is 29.2. The number of carbonyl (C=O) groups is 7. The fourth-order valence-corrected chi connectivity index (χ4v) is 10.0. The van der Waals surface area contributed by atoms with Crippen LogP contribution in [-0.2, 0) is 52.8 Å². The van der Waals surface area contributed by atoms with Crippen molar-refractivity contribution in [2.24, 2.45) is 34.4 Å². The van der Waals surface area contributed by atoms with Gasteiger partial charge < -0.3 is 65.3 Å². The van der Waals surface area contributed by atoms with Gasteiger partial charge in [0.05, 0.1) is 0 Å². The fraction of sp³-hybridized carbons (Fsp3) is 0.348. The highest BCUT2D eigenvalue weighted by Gasteiger charge is 2.44. The molecule has 3 amide bonds. The number of alkyl halides is 3. The van der Waals surface area contributed by atoms with Gasteiger partial charge in [0.1, 0.15) is 17.2 Å². The number of nitrogens with two attached hydrogens (primary N) is 6. The number of esters is 1. The Kier molecular flexibility index (Phi) is 24.8. The Bertz CT molecular complexity index is 3180. The number of aromatic hydroxyl groups is 2. The Morgan fingerprint density at radius 1 is 0.409 bits per heavy atom. The van der Waals surface area contributed by atoms with Gasteiger partial charge in [-0.25, -0.2) is 4.79 Å². The molecule has 0 fully saturated rings. The average molecular weight is 1210 g/mol. The van der Waals surface area contributed by atoms with Crippen LogP contribution in [0.2, 0.25) is 0 Å². The van der Waals surface area contributed by atoms with Gasteiger partial charge in [-0.1, -0.05) is 72.8 Å². The molecule has 17 N–H and O–H groups in total. The molecule has 0 aromatic heterocycles. The van der Waals surface area contributed by atoms with E-state index in [0.717, 1.165) is 23.3 Å². The maximum atomic E-state index is 14.2. The Labute approximate surface area is 509 Å². The van der Waals surface area contributed by atoms with E-state index in [9.17, 15) is 56.9 Å². The van der Waals surface area contributed by atoms with Crippen LogP contribution in [0.25, 0.3) is 0 Å². The lowest BCUT2D eigenvalue weighted by atomic mass is 9.84. The van der Waals surface area contributed by atoms with Crippen LogP contribution in [0, 0.1) is 0 Å². The summed E-state index contributed by atoms with van der Waals surface area (Å²) in [6.45, 7) is 0.950. The molecule has 0 heterocycles. The highest BCUT2D eigenvalue weighted by Crippen LogP contribution is 2.35. The van der Waals surface area contributed by atoms with Gasteiger partial charge in [0, 0.05) is 42.2 Å². The number of rotatable bonds is 34. The number of phenols is 2. The number of carbonyl (C=O) groups excluding carboxylic acids is 7. The molecule has 0 aliphatic carbocycles. The molecule has 6 aromatic rings. The maximum Gasteiger partial charge on any atom is 0.491 e. The topological polar surface area (TPSA) is 361 Å². The minimum atomic E-state index is -5.19. The first-order chi connectivity index (χ1) is 41.9. The molecular formula is C66H78F3N9O10. The summed E-state index contributed by atoms with van der Waals surface area (Å²) in [5.74, 6) is -6.86. The molecule has 22 heteroatoms.